The SMILES string of the molecule is CC[C@H](CCC(=O)Nc1ccccc1Cl)C(=O)O. The van der Waals surface area contributed by atoms with E-state index in [0.717, 1.165) is 0 Å². The van der Waals surface area contributed by atoms with E-state index in [2.05, 4.69) is 5.32 Å². The normalized spacial score (nSPS) is 11.9. The summed E-state index contributed by atoms with van der Waals surface area (Å²) in [6.07, 6.45) is 1.03. The van der Waals surface area contributed by atoms with Gasteiger partial charge in [-0.1, -0.05) is 30.7 Å². The van der Waals surface area contributed by atoms with Gasteiger partial charge in [-0.15, -0.1) is 0 Å². The Morgan fingerprint density at radius 3 is 2.61 bits per heavy atom. The Kier molecular flexibility index (Phi) is 5.65. The Bertz CT molecular complexity index is 434. The zero-order chi connectivity index (χ0) is 13.5. The van der Waals surface area contributed by atoms with E-state index in [-0.39, 0.29) is 12.3 Å². The second-order valence-electron chi connectivity index (χ2n) is 4.01. The zero-order valence-electron chi connectivity index (χ0n) is 10.1. The van der Waals surface area contributed by atoms with Crippen LogP contribution in [0.1, 0.15) is 26.2 Å². The number of nitrogens with one attached hydrogen (secondary N) is 1. The first-order valence-electron chi connectivity index (χ1n) is 5.81. The molecule has 0 aliphatic carbocycles. The van der Waals surface area contributed by atoms with Crippen LogP contribution in [0.4, 0.5) is 5.69 Å². The van der Waals surface area contributed by atoms with E-state index in [1.54, 1.807) is 31.2 Å². The Labute approximate surface area is 111 Å². The number of carboxylic acid groups (broad SMARTS) is 1. The molecule has 98 valence electrons. The molecule has 0 saturated heterocycles. The molecule has 1 rings (SSSR count). The number of halogens is 1. The Morgan fingerprint density at radius 1 is 1.39 bits per heavy atom. The number of carbonyl (C=O) groups is 2. The maximum atomic E-state index is 11.6. The van der Waals surface area contributed by atoms with Crippen LogP contribution in [0.15, 0.2) is 24.3 Å². The molecule has 1 atom stereocenters. The van der Waals surface area contributed by atoms with Gasteiger partial charge in [0.1, 0.15) is 0 Å². The highest BCUT2D eigenvalue weighted by Gasteiger charge is 2.16. The van der Waals surface area contributed by atoms with E-state index < -0.39 is 11.9 Å². The van der Waals surface area contributed by atoms with Gasteiger partial charge < -0.3 is 10.4 Å². The number of amides is 1. The maximum Gasteiger partial charge on any atom is 0.306 e. The minimum Gasteiger partial charge on any atom is -0.481 e. The van der Waals surface area contributed by atoms with Crippen LogP contribution in [-0.2, 0) is 9.59 Å². The third-order valence-corrected chi connectivity index (χ3v) is 3.04. The number of carboxylic acids is 1. The number of aliphatic carboxylic acids is 1. The average Bonchev–Trinajstić information content (AvgIpc) is 2.32. The second-order valence-corrected chi connectivity index (χ2v) is 4.42. The number of benzene rings is 1. The summed E-state index contributed by atoms with van der Waals surface area (Å²) in [4.78, 5) is 22.4. The molecule has 0 aliphatic heterocycles. The molecule has 18 heavy (non-hydrogen) atoms. The minimum atomic E-state index is -0.858. The molecule has 0 saturated carbocycles. The lowest BCUT2D eigenvalue weighted by Gasteiger charge is -2.10. The van der Waals surface area contributed by atoms with Gasteiger partial charge >= 0.3 is 5.97 Å². The van der Waals surface area contributed by atoms with Gasteiger partial charge in [-0.05, 0) is 25.0 Å². The summed E-state index contributed by atoms with van der Waals surface area (Å²) in [6, 6.07) is 6.93. The molecule has 0 aliphatic rings. The molecule has 1 aromatic carbocycles. The fourth-order valence-electron chi connectivity index (χ4n) is 1.58. The first-order valence-corrected chi connectivity index (χ1v) is 6.19. The van der Waals surface area contributed by atoms with Crippen molar-refractivity contribution in [3.05, 3.63) is 29.3 Å². The molecule has 5 heteroatoms. The van der Waals surface area contributed by atoms with Crippen molar-refractivity contribution in [2.75, 3.05) is 5.32 Å². The molecule has 0 unspecified atom stereocenters. The number of anilines is 1. The molecule has 0 fully saturated rings. The predicted molar refractivity (Wildman–Crippen MR) is 70.7 cm³/mol. The molecule has 0 bridgehead atoms. The van der Waals surface area contributed by atoms with Crippen molar-refractivity contribution in [1.29, 1.82) is 0 Å². The van der Waals surface area contributed by atoms with Crippen molar-refractivity contribution in [2.24, 2.45) is 5.92 Å². The van der Waals surface area contributed by atoms with Gasteiger partial charge in [-0.25, -0.2) is 0 Å². The number of hydrogen-bond donors (Lipinski definition) is 2. The standard InChI is InChI=1S/C13H16ClNO3/c1-2-9(13(17)18)7-8-12(16)15-11-6-4-3-5-10(11)14/h3-6,9H,2,7-8H2,1H3,(H,15,16)(H,17,18)/t9-/m1/s1. The van der Waals surface area contributed by atoms with Crippen molar-refractivity contribution in [3.8, 4) is 0 Å². The predicted octanol–water partition coefficient (Wildman–Crippen LogP) is 3.17. The molecule has 0 heterocycles. The van der Waals surface area contributed by atoms with Crippen LogP contribution in [0.2, 0.25) is 5.02 Å². The van der Waals surface area contributed by atoms with Gasteiger partial charge in [0.15, 0.2) is 0 Å². The van der Waals surface area contributed by atoms with Crippen LogP contribution in [-0.4, -0.2) is 17.0 Å². The van der Waals surface area contributed by atoms with Crippen molar-refractivity contribution < 1.29 is 14.7 Å². The lowest BCUT2D eigenvalue weighted by molar-refractivity contribution is -0.142. The molecule has 1 amide bonds. The molecule has 4 nitrogen and oxygen atoms in total. The lowest BCUT2D eigenvalue weighted by Crippen LogP contribution is -2.17. The van der Waals surface area contributed by atoms with E-state index in [1.165, 1.54) is 0 Å². The van der Waals surface area contributed by atoms with Crippen molar-refractivity contribution in [3.63, 3.8) is 0 Å². The number of rotatable bonds is 6. The zero-order valence-corrected chi connectivity index (χ0v) is 10.9. The molecular weight excluding hydrogens is 254 g/mol. The highest BCUT2D eigenvalue weighted by atomic mass is 35.5. The third kappa shape index (κ3) is 4.37. The van der Waals surface area contributed by atoms with Gasteiger partial charge in [0.05, 0.1) is 16.6 Å². The number of carbonyl (C=O) groups excluding carboxylic acids is 1. The molecule has 0 radical (unpaired) electrons. The first-order chi connectivity index (χ1) is 8.54. The van der Waals surface area contributed by atoms with Crippen LogP contribution in [0.5, 0.6) is 0 Å². The van der Waals surface area contributed by atoms with Crippen molar-refractivity contribution in [1.82, 2.24) is 0 Å². The van der Waals surface area contributed by atoms with E-state index in [4.69, 9.17) is 16.7 Å². The summed E-state index contributed by atoms with van der Waals surface area (Å²) in [7, 11) is 0. The molecule has 2 N–H and O–H groups in total. The summed E-state index contributed by atoms with van der Waals surface area (Å²) >= 11 is 5.90. The van der Waals surface area contributed by atoms with Gasteiger partial charge in [-0.2, -0.15) is 0 Å². The molecule has 0 spiro atoms. The monoisotopic (exact) mass is 269 g/mol. The highest BCUT2D eigenvalue weighted by molar-refractivity contribution is 6.33. The van der Waals surface area contributed by atoms with Crippen LogP contribution >= 0.6 is 11.6 Å². The number of hydrogen-bond acceptors (Lipinski definition) is 2. The van der Waals surface area contributed by atoms with Crippen LogP contribution in [0, 0.1) is 5.92 Å². The van der Waals surface area contributed by atoms with Gasteiger partial charge in [0.25, 0.3) is 0 Å². The second kappa shape index (κ2) is 7.01. The van der Waals surface area contributed by atoms with Gasteiger partial charge in [0.2, 0.25) is 5.91 Å². The molecular formula is C13H16ClNO3. The fourth-order valence-corrected chi connectivity index (χ4v) is 1.77. The summed E-state index contributed by atoms with van der Waals surface area (Å²) in [5, 5.41) is 12.0. The first kappa shape index (κ1) is 14.5. The highest BCUT2D eigenvalue weighted by Crippen LogP contribution is 2.21. The largest absolute Gasteiger partial charge is 0.481 e. The topological polar surface area (TPSA) is 66.4 Å². The Morgan fingerprint density at radius 2 is 2.06 bits per heavy atom. The average molecular weight is 270 g/mol. The van der Waals surface area contributed by atoms with Crippen molar-refractivity contribution >= 4 is 29.2 Å². The summed E-state index contributed by atoms with van der Waals surface area (Å²) in [5.41, 5.74) is 0.549. The Hall–Kier alpha value is -1.55. The summed E-state index contributed by atoms with van der Waals surface area (Å²) < 4.78 is 0. The third-order valence-electron chi connectivity index (χ3n) is 2.71. The fraction of sp³-hybridized carbons (Fsp3) is 0.385. The lowest BCUT2D eigenvalue weighted by atomic mass is 10.0. The van der Waals surface area contributed by atoms with Gasteiger partial charge in [0, 0.05) is 6.42 Å². The Balaban J connectivity index is 2.48. The van der Waals surface area contributed by atoms with E-state index in [1.807, 2.05) is 0 Å². The molecule has 0 aromatic heterocycles. The number of para-hydroxylation sites is 1. The van der Waals surface area contributed by atoms with Crippen LogP contribution < -0.4 is 5.32 Å². The molecule has 1 aromatic rings. The van der Waals surface area contributed by atoms with Gasteiger partial charge in [-0.3, -0.25) is 9.59 Å². The summed E-state index contributed by atoms with van der Waals surface area (Å²) in [5.74, 6) is -1.55. The van der Waals surface area contributed by atoms with Crippen molar-refractivity contribution in [2.45, 2.75) is 26.2 Å². The summed E-state index contributed by atoms with van der Waals surface area (Å²) in [6.45, 7) is 1.80. The van der Waals surface area contributed by atoms with Crippen LogP contribution in [0.25, 0.3) is 0 Å². The smallest absolute Gasteiger partial charge is 0.306 e. The van der Waals surface area contributed by atoms with E-state index in [0.29, 0.717) is 23.6 Å². The maximum absolute atomic E-state index is 11.6. The van der Waals surface area contributed by atoms with E-state index in [9.17, 15) is 9.59 Å². The quantitative estimate of drug-likeness (QED) is 0.834. The van der Waals surface area contributed by atoms with Crippen LogP contribution in [0.3, 0.4) is 0 Å². The van der Waals surface area contributed by atoms with E-state index >= 15 is 0 Å². The minimum absolute atomic E-state index is 0.177.